The molecule has 3 rings (SSSR count). The monoisotopic (exact) mass is 356 g/mol. The van der Waals surface area contributed by atoms with Crippen LogP contribution < -0.4 is 5.32 Å². The number of fused-ring (bicyclic) bond motifs is 1. The summed E-state index contributed by atoms with van der Waals surface area (Å²) < 4.78 is 0.500. The van der Waals surface area contributed by atoms with Gasteiger partial charge in [0.25, 0.3) is 5.91 Å². The van der Waals surface area contributed by atoms with Gasteiger partial charge in [-0.1, -0.05) is 6.07 Å². The minimum Gasteiger partial charge on any atom is -0.506 e. The number of phenols is 1. The van der Waals surface area contributed by atoms with E-state index < -0.39 is 0 Å². The average molecular weight is 357 g/mol. The van der Waals surface area contributed by atoms with E-state index in [0.29, 0.717) is 10.2 Å². The molecule has 22 heavy (non-hydrogen) atoms. The highest BCUT2D eigenvalue weighted by Gasteiger charge is 2.14. The third kappa shape index (κ3) is 2.80. The van der Waals surface area contributed by atoms with E-state index in [2.05, 4.69) is 26.2 Å². The average Bonchev–Trinajstić information content (AvgIpc) is 2.50. The van der Waals surface area contributed by atoms with Crippen molar-refractivity contribution in [3.63, 3.8) is 0 Å². The van der Waals surface area contributed by atoms with Gasteiger partial charge in [-0.3, -0.25) is 9.78 Å². The first-order valence-electron chi connectivity index (χ1n) is 6.70. The lowest BCUT2D eigenvalue weighted by atomic mass is 10.1. The molecule has 0 saturated heterocycles. The molecule has 0 aliphatic rings. The van der Waals surface area contributed by atoms with Gasteiger partial charge < -0.3 is 10.4 Å². The molecule has 1 heterocycles. The largest absolute Gasteiger partial charge is 0.506 e. The number of halogens is 1. The van der Waals surface area contributed by atoms with Gasteiger partial charge in [0.2, 0.25) is 0 Å². The number of benzene rings is 2. The zero-order valence-electron chi connectivity index (χ0n) is 11.8. The van der Waals surface area contributed by atoms with Crippen LogP contribution in [0.2, 0.25) is 0 Å². The number of carbonyl (C=O) groups excluding carboxylic acids is 1. The molecule has 110 valence electrons. The predicted octanol–water partition coefficient (Wildman–Crippen LogP) is 4.26. The fourth-order valence-electron chi connectivity index (χ4n) is 2.26. The van der Waals surface area contributed by atoms with E-state index in [1.807, 2.05) is 31.2 Å². The third-order valence-electron chi connectivity index (χ3n) is 3.31. The van der Waals surface area contributed by atoms with E-state index in [1.54, 1.807) is 24.4 Å². The molecule has 0 bridgehead atoms. The maximum Gasteiger partial charge on any atom is 0.259 e. The number of carbonyl (C=O) groups is 1. The van der Waals surface area contributed by atoms with Gasteiger partial charge in [0, 0.05) is 17.3 Å². The van der Waals surface area contributed by atoms with Crippen molar-refractivity contribution in [2.45, 2.75) is 6.92 Å². The smallest absolute Gasteiger partial charge is 0.259 e. The number of pyridine rings is 1. The normalized spacial score (nSPS) is 10.6. The first-order valence-corrected chi connectivity index (χ1v) is 7.49. The van der Waals surface area contributed by atoms with Crippen LogP contribution in [0.3, 0.4) is 0 Å². The summed E-state index contributed by atoms with van der Waals surface area (Å²) in [6.45, 7) is 1.86. The summed E-state index contributed by atoms with van der Waals surface area (Å²) in [6, 6.07) is 12.7. The minimum atomic E-state index is -0.356. The highest BCUT2D eigenvalue weighted by Crippen LogP contribution is 2.30. The Bertz CT molecular complexity index is 878. The zero-order valence-corrected chi connectivity index (χ0v) is 13.4. The number of aryl methyl sites for hydroxylation is 1. The number of nitrogens with zero attached hydrogens (tertiary/aromatic N) is 1. The Hall–Kier alpha value is -2.40. The molecule has 2 N–H and O–H groups in total. The molecule has 3 aromatic rings. The lowest BCUT2D eigenvalue weighted by Gasteiger charge is -2.10. The summed E-state index contributed by atoms with van der Waals surface area (Å²) in [5.41, 5.74) is 2.64. The Labute approximate surface area is 135 Å². The molecule has 0 aliphatic heterocycles. The number of aromatic nitrogens is 1. The zero-order chi connectivity index (χ0) is 15.7. The van der Waals surface area contributed by atoms with Gasteiger partial charge in [-0.25, -0.2) is 0 Å². The van der Waals surface area contributed by atoms with Crippen LogP contribution in [-0.4, -0.2) is 16.0 Å². The summed E-state index contributed by atoms with van der Waals surface area (Å²) in [7, 11) is 0. The van der Waals surface area contributed by atoms with Gasteiger partial charge >= 0.3 is 0 Å². The summed E-state index contributed by atoms with van der Waals surface area (Å²) in [5.74, 6) is -0.421. The molecule has 0 fully saturated rings. The molecule has 0 aliphatic carbocycles. The van der Waals surface area contributed by atoms with Crippen LogP contribution in [0.4, 0.5) is 5.69 Å². The van der Waals surface area contributed by atoms with Crippen molar-refractivity contribution in [1.82, 2.24) is 4.98 Å². The van der Waals surface area contributed by atoms with E-state index in [4.69, 9.17) is 0 Å². The molecule has 0 unspecified atom stereocenters. The Morgan fingerprint density at radius 1 is 1.23 bits per heavy atom. The molecule has 1 aromatic heterocycles. The summed E-state index contributed by atoms with van der Waals surface area (Å²) >= 11 is 3.24. The Balaban J connectivity index is 1.93. The SMILES string of the molecule is Cc1cc(Br)c(O)c(C(=O)Nc2ccc3ncccc3c2)c1. The number of hydrogen-bond acceptors (Lipinski definition) is 3. The summed E-state index contributed by atoms with van der Waals surface area (Å²) in [4.78, 5) is 16.6. The molecular formula is C17H13BrN2O2. The Morgan fingerprint density at radius 2 is 2.05 bits per heavy atom. The van der Waals surface area contributed by atoms with E-state index in [9.17, 15) is 9.90 Å². The highest BCUT2D eigenvalue weighted by atomic mass is 79.9. The fourth-order valence-corrected chi connectivity index (χ4v) is 2.83. The van der Waals surface area contributed by atoms with Crippen molar-refractivity contribution in [1.29, 1.82) is 0 Å². The van der Waals surface area contributed by atoms with Gasteiger partial charge in [-0.15, -0.1) is 0 Å². The number of aromatic hydroxyl groups is 1. The van der Waals surface area contributed by atoms with Crippen molar-refractivity contribution in [2.24, 2.45) is 0 Å². The Morgan fingerprint density at radius 3 is 2.86 bits per heavy atom. The first kappa shape index (κ1) is 14.5. The van der Waals surface area contributed by atoms with Crippen LogP contribution in [0.15, 0.2) is 53.1 Å². The Kier molecular flexibility index (Phi) is 3.81. The fraction of sp³-hybridized carbons (Fsp3) is 0.0588. The van der Waals surface area contributed by atoms with Crippen LogP contribution >= 0.6 is 15.9 Å². The van der Waals surface area contributed by atoms with Gasteiger partial charge in [-0.2, -0.15) is 0 Å². The number of anilines is 1. The van der Waals surface area contributed by atoms with E-state index >= 15 is 0 Å². The van der Waals surface area contributed by atoms with Crippen LogP contribution in [0.25, 0.3) is 10.9 Å². The van der Waals surface area contributed by atoms with Gasteiger partial charge in [0.05, 0.1) is 15.6 Å². The molecule has 1 amide bonds. The summed E-state index contributed by atoms with van der Waals surface area (Å²) in [6.07, 6.45) is 1.73. The third-order valence-corrected chi connectivity index (χ3v) is 3.92. The van der Waals surface area contributed by atoms with Crippen molar-refractivity contribution < 1.29 is 9.90 Å². The van der Waals surface area contributed by atoms with Gasteiger partial charge in [-0.05, 0) is 64.8 Å². The molecule has 0 saturated carbocycles. The molecule has 4 nitrogen and oxygen atoms in total. The van der Waals surface area contributed by atoms with E-state index in [0.717, 1.165) is 16.5 Å². The topological polar surface area (TPSA) is 62.2 Å². The quantitative estimate of drug-likeness (QED) is 0.720. The van der Waals surface area contributed by atoms with Crippen molar-refractivity contribution in [3.05, 3.63) is 64.3 Å². The molecule has 0 spiro atoms. The van der Waals surface area contributed by atoms with Gasteiger partial charge in [0.1, 0.15) is 5.75 Å². The second-order valence-electron chi connectivity index (χ2n) is 5.01. The molecular weight excluding hydrogens is 344 g/mol. The summed E-state index contributed by atoms with van der Waals surface area (Å²) in [5, 5.41) is 13.8. The van der Waals surface area contributed by atoms with Crippen molar-refractivity contribution in [3.8, 4) is 5.75 Å². The number of hydrogen-bond donors (Lipinski definition) is 2. The van der Waals surface area contributed by atoms with E-state index in [-0.39, 0.29) is 17.2 Å². The maximum atomic E-state index is 12.4. The van der Waals surface area contributed by atoms with Crippen molar-refractivity contribution in [2.75, 3.05) is 5.32 Å². The minimum absolute atomic E-state index is 0.0643. The maximum absolute atomic E-state index is 12.4. The molecule has 0 atom stereocenters. The predicted molar refractivity (Wildman–Crippen MR) is 90.2 cm³/mol. The van der Waals surface area contributed by atoms with Crippen LogP contribution in [0, 0.1) is 6.92 Å². The van der Waals surface area contributed by atoms with Gasteiger partial charge in [0.15, 0.2) is 0 Å². The van der Waals surface area contributed by atoms with Crippen LogP contribution in [0.5, 0.6) is 5.75 Å². The first-order chi connectivity index (χ1) is 10.5. The lowest BCUT2D eigenvalue weighted by Crippen LogP contribution is -2.12. The molecule has 2 aromatic carbocycles. The second-order valence-corrected chi connectivity index (χ2v) is 5.86. The highest BCUT2D eigenvalue weighted by molar-refractivity contribution is 9.10. The standard InChI is InChI=1S/C17H13BrN2O2/c1-10-7-13(16(21)14(18)8-10)17(22)20-12-4-5-15-11(9-12)3-2-6-19-15/h2-9,21H,1H3,(H,20,22). The number of phenolic OH excluding ortho intramolecular Hbond substituents is 1. The van der Waals surface area contributed by atoms with E-state index in [1.165, 1.54) is 0 Å². The number of nitrogens with one attached hydrogen (secondary N) is 1. The number of amides is 1. The molecule has 5 heteroatoms. The second kappa shape index (κ2) is 5.77. The van der Waals surface area contributed by atoms with Crippen molar-refractivity contribution >= 4 is 38.4 Å². The lowest BCUT2D eigenvalue weighted by molar-refractivity contribution is 0.102. The molecule has 0 radical (unpaired) electrons. The van der Waals surface area contributed by atoms with Crippen LogP contribution in [0.1, 0.15) is 15.9 Å². The number of rotatable bonds is 2. The van der Waals surface area contributed by atoms with Crippen LogP contribution in [-0.2, 0) is 0 Å².